The maximum atomic E-state index is 14.1. The van der Waals surface area contributed by atoms with Crippen LogP contribution in [-0.2, 0) is 0 Å². The van der Waals surface area contributed by atoms with Crippen LogP contribution in [0.15, 0.2) is 16.6 Å². The lowest BCUT2D eigenvalue weighted by atomic mass is 9.99. The normalized spacial score (nSPS) is 12.7. The van der Waals surface area contributed by atoms with Crippen molar-refractivity contribution in [3.05, 3.63) is 33.8 Å². The molecule has 0 radical (unpaired) electrons. The Kier molecular flexibility index (Phi) is 7.54. The fourth-order valence-electron chi connectivity index (χ4n) is 2.23. The molecule has 0 heterocycles. The van der Waals surface area contributed by atoms with E-state index in [9.17, 15) is 8.78 Å². The van der Waals surface area contributed by atoms with Gasteiger partial charge in [-0.15, -0.1) is 0 Å². The van der Waals surface area contributed by atoms with E-state index in [0.717, 1.165) is 25.7 Å². The van der Waals surface area contributed by atoms with E-state index in [2.05, 4.69) is 28.2 Å². The van der Waals surface area contributed by atoms with Gasteiger partial charge in [0, 0.05) is 11.6 Å². The number of hydrogen-bond acceptors (Lipinski definition) is 1. The topological polar surface area (TPSA) is 12.0 Å². The molecule has 0 saturated carbocycles. The Labute approximate surface area is 122 Å². The Bertz CT molecular complexity index is 396. The molecule has 0 aliphatic heterocycles. The molecule has 1 N–H and O–H groups in total. The molecule has 4 heteroatoms. The third-order valence-electron chi connectivity index (χ3n) is 3.22. The maximum absolute atomic E-state index is 14.1. The summed E-state index contributed by atoms with van der Waals surface area (Å²) in [4.78, 5) is 0. The molecule has 108 valence electrons. The number of benzene rings is 1. The monoisotopic (exact) mass is 333 g/mol. The summed E-state index contributed by atoms with van der Waals surface area (Å²) in [5, 5.41) is 3.18. The minimum Gasteiger partial charge on any atom is -0.310 e. The van der Waals surface area contributed by atoms with E-state index >= 15 is 0 Å². The highest BCUT2D eigenvalue weighted by Crippen LogP contribution is 2.29. The van der Waals surface area contributed by atoms with Crippen molar-refractivity contribution in [3.63, 3.8) is 0 Å². The molecular weight excluding hydrogens is 312 g/mol. The molecule has 1 atom stereocenters. The second kappa shape index (κ2) is 8.64. The highest BCUT2D eigenvalue weighted by atomic mass is 79.9. The van der Waals surface area contributed by atoms with E-state index in [1.807, 2.05) is 6.92 Å². The van der Waals surface area contributed by atoms with Crippen LogP contribution in [0.5, 0.6) is 0 Å². The third-order valence-corrected chi connectivity index (χ3v) is 3.84. The number of halogens is 3. The lowest BCUT2D eigenvalue weighted by molar-refractivity contribution is 0.436. The van der Waals surface area contributed by atoms with Gasteiger partial charge in [0.2, 0.25) is 0 Å². The summed E-state index contributed by atoms with van der Waals surface area (Å²) in [5.74, 6) is -0.955. The van der Waals surface area contributed by atoms with Crippen molar-refractivity contribution in [2.75, 3.05) is 6.54 Å². The van der Waals surface area contributed by atoms with Crippen LogP contribution in [-0.4, -0.2) is 6.54 Å². The Morgan fingerprint density at radius 1 is 1.16 bits per heavy atom. The van der Waals surface area contributed by atoms with Crippen LogP contribution < -0.4 is 5.32 Å². The van der Waals surface area contributed by atoms with Crippen LogP contribution >= 0.6 is 15.9 Å². The standard InChI is InChI=1S/C15H22BrF2N/c1-3-5-6-7-8-13(19-4-2)14-12(17)10-9-11(16)15(14)18/h9-10,13,19H,3-8H2,1-2H3. The predicted molar refractivity (Wildman–Crippen MR) is 79.2 cm³/mol. The quantitative estimate of drug-likeness (QED) is 0.499. The predicted octanol–water partition coefficient (Wildman–Crippen LogP) is 5.35. The summed E-state index contributed by atoms with van der Waals surface area (Å²) in [7, 11) is 0. The summed E-state index contributed by atoms with van der Waals surface area (Å²) in [5.41, 5.74) is 0.160. The minimum absolute atomic E-state index is 0.160. The molecule has 0 aliphatic rings. The zero-order valence-corrected chi connectivity index (χ0v) is 13.2. The first-order chi connectivity index (χ1) is 9.11. The lowest BCUT2D eigenvalue weighted by Crippen LogP contribution is -2.23. The largest absolute Gasteiger partial charge is 0.310 e. The van der Waals surface area contributed by atoms with Gasteiger partial charge in [0.05, 0.1) is 4.47 Å². The van der Waals surface area contributed by atoms with Gasteiger partial charge in [0.15, 0.2) is 0 Å². The fraction of sp³-hybridized carbons (Fsp3) is 0.600. The van der Waals surface area contributed by atoms with Gasteiger partial charge in [-0.25, -0.2) is 8.78 Å². The van der Waals surface area contributed by atoms with E-state index in [1.54, 1.807) is 0 Å². The van der Waals surface area contributed by atoms with Crippen molar-refractivity contribution in [2.24, 2.45) is 0 Å². The van der Waals surface area contributed by atoms with Gasteiger partial charge in [0.1, 0.15) is 11.6 Å². The number of rotatable bonds is 8. The van der Waals surface area contributed by atoms with E-state index in [-0.39, 0.29) is 11.6 Å². The van der Waals surface area contributed by atoms with Crippen molar-refractivity contribution in [2.45, 2.75) is 52.0 Å². The number of nitrogens with one attached hydrogen (secondary N) is 1. The van der Waals surface area contributed by atoms with Crippen molar-refractivity contribution in [1.82, 2.24) is 5.32 Å². The Morgan fingerprint density at radius 3 is 2.53 bits per heavy atom. The minimum atomic E-state index is -0.485. The molecule has 1 rings (SSSR count). The highest BCUT2D eigenvalue weighted by Gasteiger charge is 2.20. The zero-order valence-electron chi connectivity index (χ0n) is 11.6. The van der Waals surface area contributed by atoms with Gasteiger partial charge in [-0.1, -0.05) is 39.5 Å². The summed E-state index contributed by atoms with van der Waals surface area (Å²) < 4.78 is 28.3. The van der Waals surface area contributed by atoms with Gasteiger partial charge in [-0.05, 0) is 41.0 Å². The van der Waals surface area contributed by atoms with Crippen LogP contribution in [0.4, 0.5) is 8.78 Å². The molecule has 0 saturated heterocycles. The smallest absolute Gasteiger partial charge is 0.145 e. The fourth-order valence-corrected chi connectivity index (χ4v) is 2.58. The molecule has 1 nitrogen and oxygen atoms in total. The van der Waals surface area contributed by atoms with E-state index in [0.29, 0.717) is 11.0 Å². The van der Waals surface area contributed by atoms with Crippen molar-refractivity contribution in [1.29, 1.82) is 0 Å². The molecule has 1 aromatic carbocycles. The molecule has 0 bridgehead atoms. The SMILES string of the molecule is CCCCCCC(NCC)c1c(F)ccc(Br)c1F. The average molecular weight is 334 g/mol. The van der Waals surface area contributed by atoms with E-state index < -0.39 is 11.6 Å². The first-order valence-corrected chi connectivity index (χ1v) is 7.77. The van der Waals surface area contributed by atoms with E-state index in [1.165, 1.54) is 18.6 Å². The van der Waals surface area contributed by atoms with Gasteiger partial charge < -0.3 is 5.32 Å². The maximum Gasteiger partial charge on any atom is 0.145 e. The number of hydrogen-bond donors (Lipinski definition) is 1. The lowest BCUT2D eigenvalue weighted by Gasteiger charge is -2.20. The molecule has 19 heavy (non-hydrogen) atoms. The third kappa shape index (κ3) is 4.84. The van der Waals surface area contributed by atoms with Gasteiger partial charge in [-0.2, -0.15) is 0 Å². The molecule has 0 aliphatic carbocycles. The molecule has 0 amide bonds. The van der Waals surface area contributed by atoms with Crippen LogP contribution in [0, 0.1) is 11.6 Å². The first-order valence-electron chi connectivity index (χ1n) is 6.98. The molecular formula is C15H22BrF2N. The summed E-state index contributed by atoms with van der Waals surface area (Å²) in [6.07, 6.45) is 5.18. The van der Waals surface area contributed by atoms with Gasteiger partial charge in [0.25, 0.3) is 0 Å². The molecule has 1 aromatic rings. The molecule has 0 fully saturated rings. The summed E-state index contributed by atoms with van der Waals surface area (Å²) in [6.45, 7) is 4.80. The van der Waals surface area contributed by atoms with Crippen molar-refractivity contribution < 1.29 is 8.78 Å². The van der Waals surface area contributed by atoms with Crippen LogP contribution in [0.3, 0.4) is 0 Å². The molecule has 0 aromatic heterocycles. The van der Waals surface area contributed by atoms with Gasteiger partial charge in [-0.3, -0.25) is 0 Å². The first kappa shape index (κ1) is 16.6. The van der Waals surface area contributed by atoms with Crippen LogP contribution in [0.25, 0.3) is 0 Å². The van der Waals surface area contributed by atoms with Crippen LogP contribution in [0.2, 0.25) is 0 Å². The second-order valence-corrected chi connectivity index (χ2v) is 5.57. The Balaban J connectivity index is 2.83. The highest BCUT2D eigenvalue weighted by molar-refractivity contribution is 9.10. The molecule has 1 unspecified atom stereocenters. The van der Waals surface area contributed by atoms with Gasteiger partial charge >= 0.3 is 0 Å². The zero-order chi connectivity index (χ0) is 14.3. The average Bonchev–Trinajstić information content (AvgIpc) is 2.39. The van der Waals surface area contributed by atoms with Crippen molar-refractivity contribution >= 4 is 15.9 Å². The second-order valence-electron chi connectivity index (χ2n) is 4.72. The number of unbranched alkanes of at least 4 members (excludes halogenated alkanes) is 3. The Morgan fingerprint density at radius 2 is 1.89 bits per heavy atom. The molecule has 0 spiro atoms. The van der Waals surface area contributed by atoms with E-state index in [4.69, 9.17) is 0 Å². The summed E-state index contributed by atoms with van der Waals surface area (Å²) >= 11 is 3.12. The van der Waals surface area contributed by atoms with Crippen LogP contribution in [0.1, 0.15) is 57.6 Å². The summed E-state index contributed by atoms with van der Waals surface area (Å²) in [6, 6.07) is 2.48. The Hall–Kier alpha value is -0.480. The van der Waals surface area contributed by atoms with Crippen molar-refractivity contribution in [3.8, 4) is 0 Å².